The van der Waals surface area contributed by atoms with Gasteiger partial charge in [-0.15, -0.1) is 0 Å². The number of hydrogen-bond acceptors (Lipinski definition) is 1. The van der Waals surface area contributed by atoms with Gasteiger partial charge in [0.1, 0.15) is 9.76 Å². The molecule has 3 heteroatoms. The fourth-order valence-electron chi connectivity index (χ4n) is 1.43. The fourth-order valence-corrected chi connectivity index (χ4v) is 5.80. The van der Waals surface area contributed by atoms with E-state index in [4.69, 9.17) is 4.12 Å². The third kappa shape index (κ3) is 3.53. The quantitative estimate of drug-likeness (QED) is 0.505. The van der Waals surface area contributed by atoms with E-state index in [-0.39, 0.29) is 9.76 Å². The largest absolute Gasteiger partial charge is 0.463 e. The molecule has 0 aliphatic carbocycles. The van der Waals surface area contributed by atoms with Gasteiger partial charge in [-0.1, -0.05) is 25.7 Å². The SMILES string of the molecule is C[SiH]1CCCCCC[SiH2]O1. The summed E-state index contributed by atoms with van der Waals surface area (Å²) < 4.78 is 5.84. The van der Waals surface area contributed by atoms with Crippen LogP contribution >= 0.6 is 0 Å². The second kappa shape index (κ2) is 5.10. The molecule has 1 heterocycles. The van der Waals surface area contributed by atoms with Crippen molar-refractivity contribution in [2.75, 3.05) is 0 Å². The van der Waals surface area contributed by atoms with Gasteiger partial charge in [-0.05, 0) is 18.6 Å². The van der Waals surface area contributed by atoms with Gasteiger partial charge in [0, 0.05) is 0 Å². The van der Waals surface area contributed by atoms with Crippen molar-refractivity contribution in [1.29, 1.82) is 0 Å². The molecule has 1 nitrogen and oxygen atoms in total. The van der Waals surface area contributed by atoms with Crippen LogP contribution in [0.3, 0.4) is 0 Å². The third-order valence-electron chi connectivity index (χ3n) is 2.16. The van der Waals surface area contributed by atoms with Crippen LogP contribution in [-0.4, -0.2) is 18.8 Å². The first-order chi connectivity index (χ1) is 4.89. The highest BCUT2D eigenvalue weighted by molar-refractivity contribution is 6.57. The summed E-state index contributed by atoms with van der Waals surface area (Å²) in [5.41, 5.74) is 0. The summed E-state index contributed by atoms with van der Waals surface area (Å²) in [6, 6.07) is 2.88. The molecule has 1 rings (SSSR count). The molecule has 1 atom stereocenters. The van der Waals surface area contributed by atoms with Gasteiger partial charge in [0.2, 0.25) is 0 Å². The monoisotopic (exact) mass is 174 g/mol. The van der Waals surface area contributed by atoms with Crippen LogP contribution in [0, 0.1) is 0 Å². The Labute approximate surface area is 67.8 Å². The molecule has 0 aromatic rings. The second-order valence-electron chi connectivity index (χ2n) is 3.24. The van der Waals surface area contributed by atoms with Gasteiger partial charge < -0.3 is 4.12 Å². The highest BCUT2D eigenvalue weighted by atomic mass is 28.3. The molecule has 1 aliphatic heterocycles. The van der Waals surface area contributed by atoms with E-state index in [1.165, 1.54) is 37.8 Å². The van der Waals surface area contributed by atoms with Gasteiger partial charge in [0.25, 0.3) is 0 Å². The van der Waals surface area contributed by atoms with Crippen LogP contribution in [0.4, 0.5) is 0 Å². The minimum Gasteiger partial charge on any atom is -0.463 e. The average molecular weight is 174 g/mol. The number of rotatable bonds is 0. The zero-order valence-electron chi connectivity index (χ0n) is 6.94. The van der Waals surface area contributed by atoms with Crippen molar-refractivity contribution in [3.63, 3.8) is 0 Å². The highest BCUT2D eigenvalue weighted by Gasteiger charge is 2.05. The Hall–Kier alpha value is 0.394. The molecule has 0 saturated carbocycles. The van der Waals surface area contributed by atoms with Crippen molar-refractivity contribution in [2.45, 2.75) is 44.3 Å². The van der Waals surface area contributed by atoms with E-state index < -0.39 is 9.04 Å². The summed E-state index contributed by atoms with van der Waals surface area (Å²) in [6.07, 6.45) is 5.84. The summed E-state index contributed by atoms with van der Waals surface area (Å²) in [5, 5.41) is 0. The van der Waals surface area contributed by atoms with Crippen LogP contribution in [0.25, 0.3) is 0 Å². The Morgan fingerprint density at radius 1 is 1.20 bits per heavy atom. The topological polar surface area (TPSA) is 9.23 Å². The molecule has 0 radical (unpaired) electrons. The van der Waals surface area contributed by atoms with Gasteiger partial charge in [-0.25, -0.2) is 0 Å². The molecular formula is C7H18OSi2. The third-order valence-corrected chi connectivity index (χ3v) is 7.39. The van der Waals surface area contributed by atoms with E-state index in [2.05, 4.69) is 6.55 Å². The van der Waals surface area contributed by atoms with Crippen molar-refractivity contribution in [3.05, 3.63) is 0 Å². The van der Waals surface area contributed by atoms with Crippen LogP contribution in [0.15, 0.2) is 0 Å². The van der Waals surface area contributed by atoms with Crippen molar-refractivity contribution in [3.8, 4) is 0 Å². The van der Waals surface area contributed by atoms with E-state index >= 15 is 0 Å². The molecule has 60 valence electrons. The Morgan fingerprint density at radius 3 is 2.90 bits per heavy atom. The summed E-state index contributed by atoms with van der Waals surface area (Å²) in [4.78, 5) is 0. The normalized spacial score (nSPS) is 32.7. The molecule has 1 saturated heterocycles. The summed E-state index contributed by atoms with van der Waals surface area (Å²) in [7, 11) is -0.692. The summed E-state index contributed by atoms with van der Waals surface area (Å²) >= 11 is 0. The van der Waals surface area contributed by atoms with Crippen LogP contribution in [0.2, 0.25) is 18.6 Å². The lowest BCUT2D eigenvalue weighted by atomic mass is 10.2. The summed E-state index contributed by atoms with van der Waals surface area (Å²) in [6.45, 7) is 2.36. The molecule has 0 aromatic heterocycles. The maximum absolute atomic E-state index is 5.84. The first-order valence-corrected chi connectivity index (χ1v) is 8.53. The van der Waals surface area contributed by atoms with Crippen LogP contribution in [0.5, 0.6) is 0 Å². The van der Waals surface area contributed by atoms with Gasteiger partial charge >= 0.3 is 0 Å². The second-order valence-corrected chi connectivity index (χ2v) is 7.89. The van der Waals surface area contributed by atoms with Crippen LogP contribution < -0.4 is 0 Å². The first-order valence-electron chi connectivity index (χ1n) is 4.51. The van der Waals surface area contributed by atoms with Crippen molar-refractivity contribution < 1.29 is 4.12 Å². The molecule has 0 bridgehead atoms. The van der Waals surface area contributed by atoms with Crippen LogP contribution in [0.1, 0.15) is 25.7 Å². The highest BCUT2D eigenvalue weighted by Crippen LogP contribution is 2.11. The first kappa shape index (κ1) is 8.49. The molecule has 0 N–H and O–H groups in total. The number of hydrogen-bond donors (Lipinski definition) is 0. The molecule has 0 spiro atoms. The van der Waals surface area contributed by atoms with E-state index in [0.29, 0.717) is 0 Å². The van der Waals surface area contributed by atoms with Gasteiger partial charge in [0.15, 0.2) is 9.04 Å². The van der Waals surface area contributed by atoms with Gasteiger partial charge in [-0.2, -0.15) is 0 Å². The predicted molar refractivity (Wildman–Crippen MR) is 50.7 cm³/mol. The zero-order valence-corrected chi connectivity index (χ0v) is 9.50. The van der Waals surface area contributed by atoms with Crippen molar-refractivity contribution >= 4 is 18.8 Å². The molecule has 10 heavy (non-hydrogen) atoms. The molecular weight excluding hydrogens is 156 g/mol. The Bertz CT molecular complexity index is 77.7. The predicted octanol–water partition coefficient (Wildman–Crippen LogP) is 1.43. The maximum atomic E-state index is 5.84. The molecule has 0 amide bonds. The lowest BCUT2D eigenvalue weighted by Crippen LogP contribution is -2.14. The fraction of sp³-hybridized carbons (Fsp3) is 1.00. The maximum Gasteiger partial charge on any atom is 0.159 e. The van der Waals surface area contributed by atoms with Gasteiger partial charge in [-0.3, -0.25) is 0 Å². The molecule has 1 aliphatic rings. The van der Waals surface area contributed by atoms with Gasteiger partial charge in [0.05, 0.1) is 0 Å². The molecule has 1 unspecified atom stereocenters. The van der Waals surface area contributed by atoms with E-state index in [9.17, 15) is 0 Å². The smallest absolute Gasteiger partial charge is 0.159 e. The standard InChI is InChI=1S/C7H18OSi2/c1-10-7-5-3-2-4-6-9-8-10/h10H,2-7,9H2,1H3. The minimum absolute atomic E-state index is 0.0564. The molecule has 1 fully saturated rings. The van der Waals surface area contributed by atoms with Crippen molar-refractivity contribution in [1.82, 2.24) is 0 Å². The minimum atomic E-state index is -0.636. The molecule has 0 aromatic carbocycles. The lowest BCUT2D eigenvalue weighted by Gasteiger charge is -2.08. The zero-order chi connectivity index (χ0) is 7.23. The van der Waals surface area contributed by atoms with E-state index in [1.54, 1.807) is 0 Å². The Morgan fingerprint density at radius 2 is 2.00 bits per heavy atom. The Balaban J connectivity index is 2.15. The van der Waals surface area contributed by atoms with E-state index in [0.717, 1.165) is 0 Å². The van der Waals surface area contributed by atoms with Crippen molar-refractivity contribution in [2.24, 2.45) is 0 Å². The van der Waals surface area contributed by atoms with E-state index in [1.807, 2.05) is 0 Å². The lowest BCUT2D eigenvalue weighted by molar-refractivity contribution is 0.609. The average Bonchev–Trinajstić information content (AvgIpc) is 2.02. The Kier molecular flexibility index (Phi) is 4.33. The van der Waals surface area contributed by atoms with Crippen LogP contribution in [-0.2, 0) is 4.12 Å². The summed E-state index contributed by atoms with van der Waals surface area (Å²) in [5.74, 6) is 0.